The van der Waals surface area contributed by atoms with Gasteiger partial charge in [0.15, 0.2) is 34.9 Å². The zero-order chi connectivity index (χ0) is 80.4. The summed E-state index contributed by atoms with van der Waals surface area (Å²) in [5, 5.41) is 0. The molecule has 566 valence electrons. The van der Waals surface area contributed by atoms with Crippen molar-refractivity contribution in [1.82, 2.24) is 29.9 Å². The molecule has 6 nitrogen and oxygen atoms in total. The quantitative estimate of drug-likeness (QED) is 0.128. The molecule has 0 aliphatic heterocycles. The zero-order valence-electron chi connectivity index (χ0n) is 66.3. The molecule has 4 aliphatic rings. The van der Waals surface area contributed by atoms with E-state index in [4.69, 9.17) is 29.9 Å². The van der Waals surface area contributed by atoms with E-state index in [-0.39, 0.29) is 0 Å². The Morgan fingerprint density at radius 2 is 0.311 bits per heavy atom. The van der Waals surface area contributed by atoms with Gasteiger partial charge in [0.2, 0.25) is 0 Å². The fourth-order valence-corrected chi connectivity index (χ4v) is 20.3. The monoisotopic (exact) mass is 1550 g/mol. The summed E-state index contributed by atoms with van der Waals surface area (Å²) in [5.74, 6) is 3.48. The van der Waals surface area contributed by atoms with Gasteiger partial charge in [-0.2, -0.15) is 0 Å². The first-order valence-corrected chi connectivity index (χ1v) is 41.8. The number of nitrogens with zero attached hydrogens (tertiary/aromatic N) is 6. The summed E-state index contributed by atoms with van der Waals surface area (Å²) < 4.78 is 0. The lowest BCUT2D eigenvalue weighted by Crippen LogP contribution is -2.29. The van der Waals surface area contributed by atoms with Crippen molar-refractivity contribution in [3.05, 3.63) is 481 Å². The minimum Gasteiger partial charge on any atom is -0.208 e. The third-order valence-electron chi connectivity index (χ3n) is 25.8. The van der Waals surface area contributed by atoms with Crippen molar-refractivity contribution in [2.75, 3.05) is 0 Å². The SMILES string of the molecule is c1ccc(-c2ccc(-c3nc(-c4ccc(-c5cccc(-c6ccccc6-c6ccccc6-c6nc(-c7ccc(-c8ccccc8)cc7)nc(-c7ccc8c(c7)C7(c9ccccc9-c9ccccc9-c9ccccc97)c7ccccc7-8)n6)c5)cc4)nc(-c4ccc5c(c4)C4(c6ccccc6-c6ccccc6-c6ccccc64)c4ccccc4-5)n3)cc2)cc1. The van der Waals surface area contributed by atoms with Crippen molar-refractivity contribution < 1.29 is 0 Å². The number of benzene rings is 18. The van der Waals surface area contributed by atoms with Crippen molar-refractivity contribution in [2.45, 2.75) is 10.8 Å². The van der Waals surface area contributed by atoms with E-state index >= 15 is 0 Å². The molecule has 0 fully saturated rings. The molecule has 20 aromatic rings. The molecule has 0 bridgehead atoms. The third kappa shape index (κ3) is 11.0. The van der Waals surface area contributed by atoms with Crippen LogP contribution in [0.2, 0.25) is 0 Å². The third-order valence-corrected chi connectivity index (χ3v) is 25.8. The fraction of sp³-hybridized carbons (Fsp3) is 0.0172. The van der Waals surface area contributed by atoms with Crippen molar-refractivity contribution in [3.63, 3.8) is 0 Å². The normalized spacial score (nSPS) is 12.9. The summed E-state index contributed by atoms with van der Waals surface area (Å²) in [4.78, 5) is 33.1. The first-order chi connectivity index (χ1) is 60.5. The van der Waals surface area contributed by atoms with E-state index in [1.165, 1.54) is 111 Å². The van der Waals surface area contributed by atoms with E-state index in [9.17, 15) is 0 Å². The van der Waals surface area contributed by atoms with Crippen molar-refractivity contribution >= 4 is 0 Å². The number of fused-ring (bicyclic) bond motifs is 24. The number of hydrogen-bond acceptors (Lipinski definition) is 6. The average Bonchev–Trinajstić information content (AvgIpc) is 1.52. The summed E-state index contributed by atoms with van der Waals surface area (Å²) in [6.45, 7) is 0. The van der Waals surface area contributed by atoms with Crippen LogP contribution in [0, 0.1) is 0 Å². The Balaban J connectivity index is 0.612. The van der Waals surface area contributed by atoms with E-state index in [1.54, 1.807) is 0 Å². The second-order valence-electron chi connectivity index (χ2n) is 32.1. The van der Waals surface area contributed by atoms with Gasteiger partial charge in [0.1, 0.15) is 0 Å². The summed E-state index contributed by atoms with van der Waals surface area (Å²) in [6, 6.07) is 159. The maximum atomic E-state index is 5.66. The van der Waals surface area contributed by atoms with Gasteiger partial charge in [-0.25, -0.2) is 29.9 Å². The summed E-state index contributed by atoms with van der Waals surface area (Å²) in [6.07, 6.45) is 0. The van der Waals surface area contributed by atoms with Gasteiger partial charge in [-0.05, 0) is 185 Å². The molecule has 0 unspecified atom stereocenters. The molecule has 18 aromatic carbocycles. The Kier molecular flexibility index (Phi) is 16.3. The van der Waals surface area contributed by atoms with E-state index < -0.39 is 10.8 Å². The molecule has 0 N–H and O–H groups in total. The van der Waals surface area contributed by atoms with E-state index in [0.717, 1.165) is 89.0 Å². The second kappa shape index (κ2) is 28.4. The molecule has 0 radical (unpaired) electrons. The van der Waals surface area contributed by atoms with Gasteiger partial charge in [-0.3, -0.25) is 0 Å². The van der Waals surface area contributed by atoms with Gasteiger partial charge in [-0.1, -0.05) is 419 Å². The lowest BCUT2D eigenvalue weighted by molar-refractivity contribution is 0.775. The number of rotatable bonds is 11. The maximum Gasteiger partial charge on any atom is 0.164 e. The zero-order valence-corrected chi connectivity index (χ0v) is 66.3. The van der Waals surface area contributed by atoms with Crippen LogP contribution >= 0.6 is 0 Å². The molecule has 0 saturated heterocycles. The molecule has 2 spiro atoms. The molecular formula is C116H72N6. The molecule has 0 amide bonds. The Labute approximate surface area is 708 Å². The van der Waals surface area contributed by atoms with Gasteiger partial charge >= 0.3 is 0 Å². The van der Waals surface area contributed by atoms with E-state index in [0.29, 0.717) is 34.9 Å². The van der Waals surface area contributed by atoms with Crippen LogP contribution in [0.3, 0.4) is 0 Å². The molecular weight excluding hydrogens is 1480 g/mol. The van der Waals surface area contributed by atoms with Crippen LogP contribution in [0.4, 0.5) is 0 Å². The summed E-state index contributed by atoms with van der Waals surface area (Å²) in [5.41, 5.74) is 39.1. The van der Waals surface area contributed by atoms with Crippen molar-refractivity contribution in [3.8, 4) is 191 Å². The highest BCUT2D eigenvalue weighted by atomic mass is 15.0. The van der Waals surface area contributed by atoms with Crippen molar-refractivity contribution in [1.29, 1.82) is 0 Å². The molecule has 4 aliphatic carbocycles. The fourth-order valence-electron chi connectivity index (χ4n) is 20.3. The first-order valence-electron chi connectivity index (χ1n) is 41.8. The Morgan fingerprint density at radius 1 is 0.107 bits per heavy atom. The average molecular weight is 1550 g/mol. The number of aromatic nitrogens is 6. The first kappa shape index (κ1) is 70.2. The number of hydrogen-bond donors (Lipinski definition) is 0. The lowest BCUT2D eigenvalue weighted by Gasteiger charge is -2.35. The van der Waals surface area contributed by atoms with Crippen LogP contribution in [-0.4, -0.2) is 29.9 Å². The molecule has 24 rings (SSSR count). The summed E-state index contributed by atoms with van der Waals surface area (Å²) in [7, 11) is 0. The highest BCUT2D eigenvalue weighted by Crippen LogP contribution is 2.64. The Bertz CT molecular complexity index is 7490. The van der Waals surface area contributed by atoms with Crippen LogP contribution in [0.25, 0.3) is 191 Å². The second-order valence-corrected chi connectivity index (χ2v) is 32.1. The molecule has 0 atom stereocenters. The predicted molar refractivity (Wildman–Crippen MR) is 496 cm³/mol. The van der Waals surface area contributed by atoms with Crippen molar-refractivity contribution in [2.24, 2.45) is 0 Å². The van der Waals surface area contributed by atoms with Gasteiger partial charge in [-0.15, -0.1) is 0 Å². The van der Waals surface area contributed by atoms with Crippen LogP contribution in [0.1, 0.15) is 44.5 Å². The Morgan fingerprint density at radius 3 is 0.656 bits per heavy atom. The Hall–Kier alpha value is -16.0. The molecule has 0 saturated carbocycles. The standard InChI is InChI=1S/C116H72N6/c1-3-28-73(29-4-1)75-54-60-78(61-55-75)109-117-110(119-112(118-109)83-66-68-98-96-45-19-25-52-105(96)115(107(98)71-83)101-48-21-15-41-92(101)87-36-9-10-37-88(87)93-42-16-22-49-102(93)115)79-64-58-77(59-65-79)81-32-27-33-82(70-81)85-34-7-8-35-86(85)91-40-13-14-47-100(91)114-121-111(80-62-56-76(57-63-80)74-30-5-2-6-31-74)120-113(122-114)84-67-69-99-97-46-20-26-53-106(97)116(108(99)72-84)103-50-23-17-43-94(103)89-38-11-12-39-90(89)95-44-18-24-51-104(95)116/h1-72H. The maximum absolute atomic E-state index is 5.66. The molecule has 2 aromatic heterocycles. The smallest absolute Gasteiger partial charge is 0.164 e. The molecule has 6 heteroatoms. The minimum absolute atomic E-state index is 0.569. The summed E-state index contributed by atoms with van der Waals surface area (Å²) >= 11 is 0. The van der Waals surface area contributed by atoms with Crippen LogP contribution in [-0.2, 0) is 10.8 Å². The lowest BCUT2D eigenvalue weighted by atomic mass is 9.66. The molecule has 122 heavy (non-hydrogen) atoms. The minimum atomic E-state index is -0.698. The highest BCUT2D eigenvalue weighted by molar-refractivity contribution is 6.01. The van der Waals surface area contributed by atoms with Gasteiger partial charge < -0.3 is 0 Å². The van der Waals surface area contributed by atoms with E-state index in [2.05, 4.69) is 437 Å². The topological polar surface area (TPSA) is 77.3 Å². The highest BCUT2D eigenvalue weighted by Gasteiger charge is 2.52. The molecule has 2 heterocycles. The predicted octanol–water partition coefficient (Wildman–Crippen LogP) is 28.4. The largest absolute Gasteiger partial charge is 0.208 e. The van der Waals surface area contributed by atoms with Crippen LogP contribution < -0.4 is 0 Å². The van der Waals surface area contributed by atoms with Crippen LogP contribution in [0.15, 0.2) is 437 Å². The van der Waals surface area contributed by atoms with Gasteiger partial charge in [0, 0.05) is 33.4 Å². The van der Waals surface area contributed by atoms with Crippen LogP contribution in [0.5, 0.6) is 0 Å². The van der Waals surface area contributed by atoms with Gasteiger partial charge in [0.05, 0.1) is 10.8 Å². The van der Waals surface area contributed by atoms with E-state index in [1.807, 2.05) is 0 Å². The van der Waals surface area contributed by atoms with Gasteiger partial charge in [0.25, 0.3) is 0 Å².